The van der Waals surface area contributed by atoms with Crippen molar-refractivity contribution in [2.75, 3.05) is 27.4 Å². The molecule has 1 N–H and O–H groups in total. The molecule has 0 heterocycles. The van der Waals surface area contributed by atoms with Gasteiger partial charge in [-0.15, -0.1) is 0 Å². The number of nitrogens with zero attached hydrogens (tertiary/aromatic N) is 1. The Morgan fingerprint density at radius 1 is 1.24 bits per heavy atom. The van der Waals surface area contributed by atoms with Gasteiger partial charge < -0.3 is 19.7 Å². The monoisotopic (exact) mass is 346 g/mol. The third kappa shape index (κ3) is 4.27. The predicted octanol–water partition coefficient (Wildman–Crippen LogP) is 3.58. The van der Waals surface area contributed by atoms with Crippen LogP contribution in [0.5, 0.6) is 5.75 Å². The normalized spacial score (nSPS) is 18.8. The van der Waals surface area contributed by atoms with Gasteiger partial charge >= 0.3 is 6.03 Å². The zero-order valence-corrected chi connectivity index (χ0v) is 15.4. The van der Waals surface area contributed by atoms with Crippen molar-refractivity contribution in [3.63, 3.8) is 0 Å². The zero-order valence-electron chi connectivity index (χ0n) is 15.4. The highest BCUT2D eigenvalue weighted by Gasteiger charge is 2.51. The lowest BCUT2D eigenvalue weighted by atomic mass is 9.96. The van der Waals surface area contributed by atoms with Crippen LogP contribution in [0.1, 0.15) is 44.1 Å². The largest absolute Gasteiger partial charge is 0.496 e. The van der Waals surface area contributed by atoms with Crippen molar-refractivity contribution in [2.45, 2.75) is 50.6 Å². The van der Waals surface area contributed by atoms with E-state index in [0.29, 0.717) is 25.6 Å². The molecule has 0 spiro atoms. The molecule has 3 rings (SSSR count). The van der Waals surface area contributed by atoms with Crippen LogP contribution in [0.3, 0.4) is 0 Å². The summed E-state index contributed by atoms with van der Waals surface area (Å²) in [5.74, 6) is 1.47. The second-order valence-electron chi connectivity index (χ2n) is 7.29. The summed E-state index contributed by atoms with van der Waals surface area (Å²) in [4.78, 5) is 14.8. The summed E-state index contributed by atoms with van der Waals surface area (Å²) >= 11 is 0. The van der Waals surface area contributed by atoms with Gasteiger partial charge in [0.1, 0.15) is 5.75 Å². The number of nitrogens with one attached hydrogen (secondary N) is 1. The lowest BCUT2D eigenvalue weighted by molar-refractivity contribution is 0.141. The second kappa shape index (κ2) is 8.09. The van der Waals surface area contributed by atoms with E-state index in [2.05, 4.69) is 5.32 Å². The fourth-order valence-corrected chi connectivity index (χ4v) is 4.03. The fourth-order valence-electron chi connectivity index (χ4n) is 4.03. The maximum atomic E-state index is 13.0. The standard InChI is InChI=1S/C20H30N2O3/c1-24-14-13-22(15-16-7-3-6-10-18(16)25-2)19(23)21-20(11-12-20)17-8-4-5-9-17/h3,6-7,10,17H,4-5,8-9,11-15H2,1-2H3,(H,21,23). The number of rotatable bonds is 8. The first-order valence-electron chi connectivity index (χ1n) is 9.36. The number of benzene rings is 1. The van der Waals surface area contributed by atoms with Crippen molar-refractivity contribution >= 4 is 6.03 Å². The number of hydrogen-bond acceptors (Lipinski definition) is 3. The Labute approximate surface area is 150 Å². The van der Waals surface area contributed by atoms with Crippen molar-refractivity contribution in [1.82, 2.24) is 10.2 Å². The Bertz CT molecular complexity index is 580. The molecule has 25 heavy (non-hydrogen) atoms. The van der Waals surface area contributed by atoms with E-state index in [1.807, 2.05) is 29.2 Å². The van der Waals surface area contributed by atoms with Gasteiger partial charge in [-0.05, 0) is 37.7 Å². The molecular weight excluding hydrogens is 316 g/mol. The average Bonchev–Trinajstić information content (AvgIpc) is 3.19. The number of para-hydroxylation sites is 1. The molecule has 2 aliphatic rings. The second-order valence-corrected chi connectivity index (χ2v) is 7.29. The highest BCUT2D eigenvalue weighted by Crippen LogP contribution is 2.49. The quantitative estimate of drug-likeness (QED) is 0.783. The number of carbonyl (C=O) groups is 1. The van der Waals surface area contributed by atoms with Crippen LogP contribution in [-0.4, -0.2) is 43.8 Å². The first kappa shape index (κ1) is 18.1. The van der Waals surface area contributed by atoms with Gasteiger partial charge in [0.2, 0.25) is 0 Å². The zero-order chi connectivity index (χ0) is 17.7. The number of amides is 2. The van der Waals surface area contributed by atoms with Crippen LogP contribution in [0.4, 0.5) is 4.79 Å². The Hall–Kier alpha value is -1.75. The number of hydrogen-bond donors (Lipinski definition) is 1. The summed E-state index contributed by atoms with van der Waals surface area (Å²) in [5.41, 5.74) is 1.07. The van der Waals surface area contributed by atoms with Crippen molar-refractivity contribution in [3.8, 4) is 5.75 Å². The van der Waals surface area contributed by atoms with Crippen molar-refractivity contribution in [2.24, 2.45) is 5.92 Å². The van der Waals surface area contributed by atoms with Crippen LogP contribution in [-0.2, 0) is 11.3 Å². The minimum Gasteiger partial charge on any atom is -0.496 e. The molecule has 2 saturated carbocycles. The van der Waals surface area contributed by atoms with Crippen molar-refractivity contribution in [3.05, 3.63) is 29.8 Å². The summed E-state index contributed by atoms with van der Waals surface area (Å²) in [5, 5.41) is 3.37. The van der Waals surface area contributed by atoms with Crippen LogP contribution in [0, 0.1) is 5.92 Å². The molecule has 5 heteroatoms. The van der Waals surface area contributed by atoms with E-state index in [9.17, 15) is 4.79 Å². The van der Waals surface area contributed by atoms with E-state index in [0.717, 1.165) is 24.2 Å². The average molecular weight is 346 g/mol. The third-order valence-corrected chi connectivity index (χ3v) is 5.69. The summed E-state index contributed by atoms with van der Waals surface area (Å²) in [7, 11) is 3.33. The fraction of sp³-hybridized carbons (Fsp3) is 0.650. The minimum atomic E-state index is 0.0207. The number of carbonyl (C=O) groups excluding carboxylic acids is 1. The maximum absolute atomic E-state index is 13.0. The van der Waals surface area contributed by atoms with Crippen LogP contribution in [0.2, 0.25) is 0 Å². The molecule has 0 bridgehead atoms. The van der Waals surface area contributed by atoms with E-state index in [-0.39, 0.29) is 11.6 Å². The molecule has 0 atom stereocenters. The van der Waals surface area contributed by atoms with Crippen molar-refractivity contribution in [1.29, 1.82) is 0 Å². The molecule has 0 radical (unpaired) electrons. The van der Waals surface area contributed by atoms with Gasteiger partial charge in [-0.25, -0.2) is 4.79 Å². The number of methoxy groups -OCH3 is 2. The van der Waals surface area contributed by atoms with E-state index in [1.54, 1.807) is 14.2 Å². The molecule has 2 amide bonds. The van der Waals surface area contributed by atoms with Gasteiger partial charge in [0.25, 0.3) is 0 Å². The summed E-state index contributed by atoms with van der Waals surface area (Å²) in [6.07, 6.45) is 7.36. The molecule has 138 valence electrons. The highest BCUT2D eigenvalue weighted by atomic mass is 16.5. The Morgan fingerprint density at radius 3 is 2.60 bits per heavy atom. The summed E-state index contributed by atoms with van der Waals surface area (Å²) < 4.78 is 10.6. The lowest BCUT2D eigenvalue weighted by Gasteiger charge is -2.30. The van der Waals surface area contributed by atoms with Crippen molar-refractivity contribution < 1.29 is 14.3 Å². The molecule has 5 nitrogen and oxygen atoms in total. The SMILES string of the molecule is COCCN(Cc1ccccc1OC)C(=O)NC1(C2CCCC2)CC1. The minimum absolute atomic E-state index is 0.0207. The summed E-state index contributed by atoms with van der Waals surface area (Å²) in [6.45, 7) is 1.63. The van der Waals surface area contributed by atoms with Gasteiger partial charge in [0, 0.05) is 24.8 Å². The van der Waals surface area contributed by atoms with Crippen LogP contribution in [0.15, 0.2) is 24.3 Å². The molecule has 2 fully saturated rings. The molecule has 1 aromatic carbocycles. The predicted molar refractivity (Wildman–Crippen MR) is 97.7 cm³/mol. The van der Waals surface area contributed by atoms with Crippen LogP contribution < -0.4 is 10.1 Å². The number of urea groups is 1. The molecule has 0 unspecified atom stereocenters. The molecule has 0 saturated heterocycles. The highest BCUT2D eigenvalue weighted by molar-refractivity contribution is 5.75. The van der Waals surface area contributed by atoms with Gasteiger partial charge in [0.15, 0.2) is 0 Å². The topological polar surface area (TPSA) is 50.8 Å². The molecular formula is C20H30N2O3. The van der Waals surface area contributed by atoms with Gasteiger partial charge in [-0.3, -0.25) is 0 Å². The lowest BCUT2D eigenvalue weighted by Crippen LogP contribution is -2.49. The first-order chi connectivity index (χ1) is 12.2. The molecule has 2 aliphatic carbocycles. The van der Waals surface area contributed by atoms with Gasteiger partial charge in [0.05, 0.1) is 20.3 Å². The molecule has 0 aliphatic heterocycles. The first-order valence-corrected chi connectivity index (χ1v) is 9.36. The Morgan fingerprint density at radius 2 is 1.96 bits per heavy atom. The smallest absolute Gasteiger partial charge is 0.318 e. The van der Waals surface area contributed by atoms with Crippen LogP contribution >= 0.6 is 0 Å². The van der Waals surface area contributed by atoms with E-state index in [4.69, 9.17) is 9.47 Å². The van der Waals surface area contributed by atoms with E-state index < -0.39 is 0 Å². The Kier molecular flexibility index (Phi) is 5.84. The maximum Gasteiger partial charge on any atom is 0.318 e. The third-order valence-electron chi connectivity index (χ3n) is 5.69. The van der Waals surface area contributed by atoms with E-state index >= 15 is 0 Å². The van der Waals surface area contributed by atoms with E-state index in [1.165, 1.54) is 25.7 Å². The van der Waals surface area contributed by atoms with Gasteiger partial charge in [-0.2, -0.15) is 0 Å². The molecule has 1 aromatic rings. The Balaban J connectivity index is 1.68. The van der Waals surface area contributed by atoms with Crippen LogP contribution in [0.25, 0.3) is 0 Å². The van der Waals surface area contributed by atoms with Gasteiger partial charge in [-0.1, -0.05) is 31.0 Å². The molecule has 0 aromatic heterocycles. The number of ether oxygens (including phenoxy) is 2. The summed E-state index contributed by atoms with van der Waals surface area (Å²) in [6, 6.07) is 7.89.